The Bertz CT molecular complexity index is 2550. The minimum atomic E-state index is -0.0874. The lowest BCUT2D eigenvalue weighted by atomic mass is 9.82. The molecule has 1 nitrogen and oxygen atoms in total. The summed E-state index contributed by atoms with van der Waals surface area (Å²) in [4.78, 5) is 2.51. The van der Waals surface area contributed by atoms with Crippen molar-refractivity contribution in [2.75, 3.05) is 4.90 Å². The summed E-state index contributed by atoms with van der Waals surface area (Å²) in [6, 6.07) is 60.4. The van der Waals surface area contributed by atoms with Crippen molar-refractivity contribution in [1.82, 2.24) is 0 Å². The highest BCUT2D eigenvalue weighted by molar-refractivity contribution is 6.13. The van der Waals surface area contributed by atoms with Gasteiger partial charge in [-0.05, 0) is 122 Å². The minimum Gasteiger partial charge on any atom is -0.309 e. The van der Waals surface area contributed by atoms with Crippen molar-refractivity contribution in [1.29, 1.82) is 0 Å². The van der Waals surface area contributed by atoms with E-state index in [1.165, 1.54) is 88.6 Å². The van der Waals surface area contributed by atoms with Crippen molar-refractivity contribution in [2.45, 2.75) is 33.1 Å². The third kappa shape index (κ3) is 4.69. The highest BCUT2D eigenvalue weighted by Gasteiger charge is 2.38. The first-order valence-electron chi connectivity index (χ1n) is 17.6. The van der Waals surface area contributed by atoms with Gasteiger partial charge in [0.2, 0.25) is 0 Å². The molecular formula is C49H39N. The topological polar surface area (TPSA) is 3.24 Å². The van der Waals surface area contributed by atoms with Crippen LogP contribution < -0.4 is 4.90 Å². The van der Waals surface area contributed by atoms with Gasteiger partial charge in [-0.15, -0.1) is 0 Å². The molecule has 0 aliphatic heterocycles. The van der Waals surface area contributed by atoms with Crippen molar-refractivity contribution in [3.8, 4) is 33.4 Å². The molecule has 0 saturated heterocycles. The molecule has 0 N–H and O–H groups in total. The zero-order valence-corrected chi connectivity index (χ0v) is 29.0. The molecule has 8 aromatic carbocycles. The summed E-state index contributed by atoms with van der Waals surface area (Å²) < 4.78 is 0. The van der Waals surface area contributed by atoms with E-state index in [2.05, 4.69) is 196 Å². The van der Waals surface area contributed by atoms with Crippen molar-refractivity contribution >= 4 is 38.6 Å². The molecule has 0 fully saturated rings. The first-order valence-corrected chi connectivity index (χ1v) is 17.6. The predicted molar refractivity (Wildman–Crippen MR) is 214 cm³/mol. The monoisotopic (exact) mass is 641 g/mol. The second kappa shape index (κ2) is 11.6. The maximum Gasteiger partial charge on any atom is 0.0543 e. The predicted octanol–water partition coefficient (Wildman–Crippen LogP) is 13.7. The van der Waals surface area contributed by atoms with Crippen molar-refractivity contribution in [3.05, 3.63) is 186 Å². The van der Waals surface area contributed by atoms with Gasteiger partial charge in [-0.25, -0.2) is 0 Å². The van der Waals surface area contributed by atoms with Crippen LogP contribution in [0.25, 0.3) is 54.9 Å². The third-order valence-corrected chi connectivity index (χ3v) is 10.9. The van der Waals surface area contributed by atoms with Crippen LogP contribution in [0.1, 0.15) is 36.1 Å². The number of hydrogen-bond donors (Lipinski definition) is 0. The van der Waals surface area contributed by atoms with E-state index >= 15 is 0 Å². The second-order valence-corrected chi connectivity index (χ2v) is 14.3. The maximum atomic E-state index is 2.51. The molecule has 0 bridgehead atoms. The first-order chi connectivity index (χ1) is 24.4. The summed E-state index contributed by atoms with van der Waals surface area (Å²) in [6.07, 6.45) is 0. The van der Waals surface area contributed by atoms with E-state index in [0.29, 0.717) is 0 Å². The average Bonchev–Trinajstić information content (AvgIpc) is 3.39. The molecule has 0 amide bonds. The fourth-order valence-electron chi connectivity index (χ4n) is 8.50. The molecule has 240 valence electrons. The molecule has 9 rings (SSSR count). The molecule has 0 atom stereocenters. The van der Waals surface area contributed by atoms with Gasteiger partial charge in [0.25, 0.3) is 0 Å². The standard InChI is InChI=1S/C49H39N/c1-32-29-37(34-15-6-5-7-16-34)30-33(2)48(32)50(46-24-14-23-45-47(46)42-21-12-13-22-44(42)49(45,3)4)38-27-25-35(26-28-38)43-31-36-17-8-9-18-39(36)40-19-10-11-20-41(40)43/h5-31H,1-4H3. The molecule has 1 heteroatoms. The Balaban J connectivity index is 1.26. The minimum absolute atomic E-state index is 0.0874. The number of aryl methyl sites for hydroxylation is 2. The van der Waals surface area contributed by atoms with E-state index in [1.807, 2.05) is 0 Å². The molecule has 1 aliphatic carbocycles. The van der Waals surface area contributed by atoms with Gasteiger partial charge in [0.05, 0.1) is 11.4 Å². The Labute approximate surface area is 295 Å². The van der Waals surface area contributed by atoms with Gasteiger partial charge in [0.15, 0.2) is 0 Å². The van der Waals surface area contributed by atoms with Gasteiger partial charge < -0.3 is 4.90 Å². The molecule has 50 heavy (non-hydrogen) atoms. The van der Waals surface area contributed by atoms with Gasteiger partial charge in [0.1, 0.15) is 0 Å². The number of rotatable bonds is 5. The van der Waals surface area contributed by atoms with Crippen LogP contribution in [0.3, 0.4) is 0 Å². The van der Waals surface area contributed by atoms with E-state index in [4.69, 9.17) is 0 Å². The van der Waals surface area contributed by atoms with Crippen LogP contribution in [-0.2, 0) is 5.41 Å². The van der Waals surface area contributed by atoms with Crippen LogP contribution in [0.5, 0.6) is 0 Å². The van der Waals surface area contributed by atoms with Crippen molar-refractivity contribution in [3.63, 3.8) is 0 Å². The van der Waals surface area contributed by atoms with E-state index in [0.717, 1.165) is 5.69 Å². The summed E-state index contributed by atoms with van der Waals surface area (Å²) in [7, 11) is 0. The Kier molecular flexibility index (Phi) is 7.00. The number of fused-ring (bicyclic) bond motifs is 6. The van der Waals surface area contributed by atoms with E-state index < -0.39 is 0 Å². The first kappa shape index (κ1) is 30.2. The quantitative estimate of drug-likeness (QED) is 0.169. The van der Waals surface area contributed by atoms with E-state index in [9.17, 15) is 0 Å². The summed E-state index contributed by atoms with van der Waals surface area (Å²) >= 11 is 0. The van der Waals surface area contributed by atoms with Crippen LogP contribution in [0.15, 0.2) is 164 Å². The van der Waals surface area contributed by atoms with Gasteiger partial charge >= 0.3 is 0 Å². The number of nitrogens with zero attached hydrogens (tertiary/aromatic N) is 1. The SMILES string of the molecule is Cc1cc(-c2ccccc2)cc(C)c1N(c1ccc(-c2cc3ccccc3c3ccccc23)cc1)c1cccc2c1-c1ccccc1C2(C)C. The molecule has 0 radical (unpaired) electrons. The average molecular weight is 642 g/mol. The van der Waals surface area contributed by atoms with E-state index in [1.54, 1.807) is 0 Å². The van der Waals surface area contributed by atoms with Gasteiger partial charge in [-0.1, -0.05) is 141 Å². The summed E-state index contributed by atoms with van der Waals surface area (Å²) in [6.45, 7) is 9.25. The van der Waals surface area contributed by atoms with Gasteiger partial charge in [-0.2, -0.15) is 0 Å². The fourth-order valence-corrected chi connectivity index (χ4v) is 8.50. The zero-order chi connectivity index (χ0) is 34.0. The van der Waals surface area contributed by atoms with E-state index in [-0.39, 0.29) is 5.41 Å². The number of anilines is 3. The van der Waals surface area contributed by atoms with Crippen LogP contribution >= 0.6 is 0 Å². The highest BCUT2D eigenvalue weighted by atomic mass is 15.1. The van der Waals surface area contributed by atoms with Gasteiger partial charge in [-0.3, -0.25) is 0 Å². The molecule has 0 heterocycles. The maximum absolute atomic E-state index is 2.51. The molecular weight excluding hydrogens is 603 g/mol. The lowest BCUT2D eigenvalue weighted by Gasteiger charge is -2.32. The van der Waals surface area contributed by atoms with Crippen molar-refractivity contribution < 1.29 is 0 Å². The Morgan fingerprint density at radius 3 is 1.82 bits per heavy atom. The lowest BCUT2D eigenvalue weighted by Crippen LogP contribution is -2.17. The zero-order valence-electron chi connectivity index (χ0n) is 29.0. The summed E-state index contributed by atoms with van der Waals surface area (Å²) in [5, 5.41) is 5.12. The molecule has 1 aliphatic rings. The van der Waals surface area contributed by atoms with Crippen molar-refractivity contribution in [2.24, 2.45) is 0 Å². The largest absolute Gasteiger partial charge is 0.309 e. The molecule has 0 aromatic heterocycles. The normalized spacial score (nSPS) is 13.0. The number of benzene rings is 8. The second-order valence-electron chi connectivity index (χ2n) is 14.3. The molecule has 0 spiro atoms. The highest BCUT2D eigenvalue weighted by Crippen LogP contribution is 2.55. The van der Waals surface area contributed by atoms with Crippen LogP contribution in [0.2, 0.25) is 0 Å². The lowest BCUT2D eigenvalue weighted by molar-refractivity contribution is 0.660. The third-order valence-electron chi connectivity index (χ3n) is 10.9. The van der Waals surface area contributed by atoms with Gasteiger partial charge in [0, 0.05) is 16.7 Å². The fraction of sp³-hybridized carbons (Fsp3) is 0.102. The number of hydrogen-bond acceptors (Lipinski definition) is 1. The summed E-state index contributed by atoms with van der Waals surface area (Å²) in [5.74, 6) is 0. The Morgan fingerprint density at radius 2 is 1.06 bits per heavy atom. The van der Waals surface area contributed by atoms with Crippen LogP contribution in [-0.4, -0.2) is 0 Å². The smallest absolute Gasteiger partial charge is 0.0543 e. The molecule has 0 saturated carbocycles. The Morgan fingerprint density at radius 1 is 0.440 bits per heavy atom. The molecule has 0 unspecified atom stereocenters. The van der Waals surface area contributed by atoms with Crippen LogP contribution in [0, 0.1) is 13.8 Å². The Hall–Kier alpha value is -5.92. The summed E-state index contributed by atoms with van der Waals surface area (Å²) in [5.41, 5.74) is 16.3. The molecule has 8 aromatic rings. The van der Waals surface area contributed by atoms with Crippen LogP contribution in [0.4, 0.5) is 17.1 Å².